The Hall–Kier alpha value is -0.0800. The monoisotopic (exact) mass is 255 g/mol. The normalized spacial score (nSPS) is 32.2. The van der Waals surface area contributed by atoms with Crippen LogP contribution in [0.5, 0.6) is 0 Å². The fourth-order valence-electron chi connectivity index (χ4n) is 4.02. The van der Waals surface area contributed by atoms with Crippen LogP contribution in [0.15, 0.2) is 0 Å². The van der Waals surface area contributed by atoms with Gasteiger partial charge in [0.2, 0.25) is 0 Å². The first-order valence-electron chi connectivity index (χ1n) is 8.00. The molecule has 1 fully saturated rings. The Morgan fingerprint density at radius 1 is 1.17 bits per heavy atom. The summed E-state index contributed by atoms with van der Waals surface area (Å²) in [7, 11) is 0. The molecule has 1 aliphatic rings. The number of rotatable bonds is 7. The molecule has 1 saturated carbocycles. The summed E-state index contributed by atoms with van der Waals surface area (Å²) in [6.45, 7) is 7.19. The molecular weight excluding hydrogens is 222 g/mol. The highest BCUT2D eigenvalue weighted by Gasteiger charge is 2.48. The van der Waals surface area contributed by atoms with Gasteiger partial charge >= 0.3 is 0 Å². The lowest BCUT2D eigenvalue weighted by molar-refractivity contribution is -0.113. The summed E-state index contributed by atoms with van der Waals surface area (Å²) in [5, 5.41) is 11.0. The predicted molar refractivity (Wildman–Crippen MR) is 78.5 cm³/mol. The van der Waals surface area contributed by atoms with Crippen LogP contribution < -0.4 is 5.73 Å². The average Bonchev–Trinajstić information content (AvgIpc) is 2.40. The minimum Gasteiger partial charge on any atom is -0.389 e. The minimum atomic E-state index is -0.534. The van der Waals surface area contributed by atoms with E-state index >= 15 is 0 Å². The van der Waals surface area contributed by atoms with Crippen LogP contribution in [0.2, 0.25) is 0 Å². The van der Waals surface area contributed by atoms with Crippen LogP contribution in [0, 0.1) is 11.3 Å². The first-order chi connectivity index (χ1) is 8.57. The van der Waals surface area contributed by atoms with E-state index in [4.69, 9.17) is 5.73 Å². The molecule has 0 radical (unpaired) electrons. The smallest absolute Gasteiger partial charge is 0.0713 e. The van der Waals surface area contributed by atoms with Gasteiger partial charge < -0.3 is 10.8 Å². The molecule has 108 valence electrons. The topological polar surface area (TPSA) is 46.2 Å². The molecule has 2 nitrogen and oxygen atoms in total. The van der Waals surface area contributed by atoms with Crippen LogP contribution >= 0.6 is 0 Å². The van der Waals surface area contributed by atoms with E-state index in [9.17, 15) is 5.11 Å². The summed E-state index contributed by atoms with van der Waals surface area (Å²) in [4.78, 5) is 0. The third-order valence-electron chi connectivity index (χ3n) is 5.39. The van der Waals surface area contributed by atoms with Crippen molar-refractivity contribution in [2.75, 3.05) is 6.54 Å². The molecule has 0 amide bonds. The highest BCUT2D eigenvalue weighted by atomic mass is 16.3. The fourth-order valence-corrected chi connectivity index (χ4v) is 4.02. The van der Waals surface area contributed by atoms with Crippen molar-refractivity contribution in [3.05, 3.63) is 0 Å². The zero-order chi connectivity index (χ0) is 13.6. The van der Waals surface area contributed by atoms with Crippen LogP contribution in [0.4, 0.5) is 0 Å². The Kier molecular flexibility index (Phi) is 6.13. The molecule has 1 unspecified atom stereocenters. The Morgan fingerprint density at radius 2 is 1.78 bits per heavy atom. The third-order valence-corrected chi connectivity index (χ3v) is 5.39. The molecule has 18 heavy (non-hydrogen) atoms. The Bertz CT molecular complexity index is 233. The van der Waals surface area contributed by atoms with Gasteiger partial charge in [0.1, 0.15) is 0 Å². The maximum atomic E-state index is 11.0. The van der Waals surface area contributed by atoms with E-state index in [1.54, 1.807) is 0 Å². The molecule has 0 spiro atoms. The van der Waals surface area contributed by atoms with Gasteiger partial charge in [-0.1, -0.05) is 40.0 Å². The van der Waals surface area contributed by atoms with Crippen molar-refractivity contribution in [2.45, 2.75) is 84.2 Å². The minimum absolute atomic E-state index is 0.0119. The number of aliphatic hydroxyl groups is 1. The van der Waals surface area contributed by atoms with Crippen LogP contribution in [-0.2, 0) is 0 Å². The molecule has 0 aromatic heterocycles. The van der Waals surface area contributed by atoms with Gasteiger partial charge in [-0.2, -0.15) is 0 Å². The Morgan fingerprint density at radius 3 is 2.17 bits per heavy atom. The van der Waals surface area contributed by atoms with Crippen LogP contribution in [0.1, 0.15) is 78.6 Å². The Balaban J connectivity index is 2.75. The maximum Gasteiger partial charge on any atom is 0.0713 e. The lowest BCUT2D eigenvalue weighted by Gasteiger charge is -2.50. The van der Waals surface area contributed by atoms with E-state index in [-0.39, 0.29) is 5.41 Å². The number of nitrogens with two attached hydrogens (primary N) is 1. The standard InChI is InChI=1S/C16H33NO/c1-4-7-14-8-11-15(13-17,12-9-14)16(18,6-3)10-5-2/h14,18H,4-13,17H2,1-3H3. The van der Waals surface area contributed by atoms with Gasteiger partial charge in [0.15, 0.2) is 0 Å². The summed E-state index contributed by atoms with van der Waals surface area (Å²) < 4.78 is 0. The van der Waals surface area contributed by atoms with Crippen molar-refractivity contribution in [3.8, 4) is 0 Å². The van der Waals surface area contributed by atoms with Crippen LogP contribution in [0.25, 0.3) is 0 Å². The van der Waals surface area contributed by atoms with Crippen molar-refractivity contribution in [1.29, 1.82) is 0 Å². The molecule has 1 atom stereocenters. The van der Waals surface area contributed by atoms with Crippen molar-refractivity contribution in [3.63, 3.8) is 0 Å². The molecule has 3 N–H and O–H groups in total. The Labute approximate surface area is 113 Å². The molecular formula is C16H33NO. The number of hydrogen-bond acceptors (Lipinski definition) is 2. The van der Waals surface area contributed by atoms with Crippen molar-refractivity contribution in [2.24, 2.45) is 17.1 Å². The average molecular weight is 255 g/mol. The van der Waals surface area contributed by atoms with Gasteiger partial charge in [-0.05, 0) is 44.4 Å². The second kappa shape index (κ2) is 6.91. The summed E-state index contributed by atoms with van der Waals surface area (Å²) in [5.74, 6) is 0.873. The third kappa shape index (κ3) is 3.08. The van der Waals surface area contributed by atoms with E-state index < -0.39 is 5.60 Å². The zero-order valence-electron chi connectivity index (χ0n) is 12.7. The first-order valence-corrected chi connectivity index (χ1v) is 8.00. The molecule has 0 heterocycles. The highest BCUT2D eigenvalue weighted by molar-refractivity contribution is 5.01. The largest absolute Gasteiger partial charge is 0.389 e. The molecule has 0 saturated heterocycles. The van der Waals surface area contributed by atoms with Crippen molar-refractivity contribution < 1.29 is 5.11 Å². The molecule has 2 heteroatoms. The van der Waals surface area contributed by atoms with Gasteiger partial charge in [-0.15, -0.1) is 0 Å². The van der Waals surface area contributed by atoms with E-state index in [1.165, 1.54) is 25.7 Å². The molecule has 0 bridgehead atoms. The fraction of sp³-hybridized carbons (Fsp3) is 1.00. The van der Waals surface area contributed by atoms with Crippen molar-refractivity contribution >= 4 is 0 Å². The first kappa shape index (κ1) is 16.0. The van der Waals surface area contributed by atoms with Gasteiger partial charge in [0.05, 0.1) is 5.60 Å². The summed E-state index contributed by atoms with van der Waals surface area (Å²) in [6, 6.07) is 0. The molecule has 1 aliphatic carbocycles. The summed E-state index contributed by atoms with van der Waals surface area (Å²) >= 11 is 0. The highest BCUT2D eigenvalue weighted by Crippen LogP contribution is 2.49. The van der Waals surface area contributed by atoms with Gasteiger partial charge in [-0.25, -0.2) is 0 Å². The van der Waals surface area contributed by atoms with E-state index in [1.807, 2.05) is 0 Å². The van der Waals surface area contributed by atoms with E-state index in [2.05, 4.69) is 20.8 Å². The lowest BCUT2D eigenvalue weighted by Crippen LogP contribution is -2.54. The maximum absolute atomic E-state index is 11.0. The summed E-state index contributed by atoms with van der Waals surface area (Å²) in [6.07, 6.45) is 10.2. The molecule has 0 aromatic carbocycles. The SMILES string of the molecule is CCCC1CCC(CN)(C(O)(CC)CCC)CC1. The zero-order valence-corrected chi connectivity index (χ0v) is 12.7. The van der Waals surface area contributed by atoms with Crippen molar-refractivity contribution in [1.82, 2.24) is 0 Å². The molecule has 0 aliphatic heterocycles. The summed E-state index contributed by atoms with van der Waals surface area (Å²) in [5.41, 5.74) is 5.54. The van der Waals surface area contributed by atoms with E-state index in [0.29, 0.717) is 6.54 Å². The lowest BCUT2D eigenvalue weighted by atomic mass is 9.59. The van der Waals surface area contributed by atoms with Crippen LogP contribution in [0.3, 0.4) is 0 Å². The second-order valence-corrected chi connectivity index (χ2v) is 6.35. The predicted octanol–water partition coefficient (Wildman–Crippen LogP) is 3.86. The molecule has 0 aromatic rings. The molecule has 1 rings (SSSR count). The van der Waals surface area contributed by atoms with Gasteiger partial charge in [0.25, 0.3) is 0 Å². The second-order valence-electron chi connectivity index (χ2n) is 6.35. The van der Waals surface area contributed by atoms with Gasteiger partial charge in [-0.3, -0.25) is 0 Å². The van der Waals surface area contributed by atoms with Crippen LogP contribution in [-0.4, -0.2) is 17.3 Å². The quantitative estimate of drug-likeness (QED) is 0.725. The number of hydrogen-bond donors (Lipinski definition) is 2. The van der Waals surface area contributed by atoms with E-state index in [0.717, 1.165) is 38.0 Å². The van der Waals surface area contributed by atoms with Gasteiger partial charge in [0, 0.05) is 12.0 Å².